The third-order valence-electron chi connectivity index (χ3n) is 8.63. The minimum atomic E-state index is 0. The number of aromatic nitrogens is 7. The summed E-state index contributed by atoms with van der Waals surface area (Å²) in [5.74, 6) is 1.10. The van der Waals surface area contributed by atoms with Gasteiger partial charge in [-0.15, -0.1) is 12.1 Å². The Labute approximate surface area is 287 Å². The molecule has 9 heteroatoms. The van der Waals surface area contributed by atoms with E-state index in [1.807, 2.05) is 77.6 Å². The van der Waals surface area contributed by atoms with Gasteiger partial charge >= 0.3 is 21.1 Å². The van der Waals surface area contributed by atoms with E-state index in [4.69, 9.17) is 14.7 Å². The molecule has 0 amide bonds. The average Bonchev–Trinajstić information content (AvgIpc) is 3.82. The van der Waals surface area contributed by atoms with Crippen LogP contribution in [0.4, 0.5) is 0 Å². The monoisotopic (exact) mass is 798 g/mol. The molecule has 0 aliphatic heterocycles. The largest absolute Gasteiger partial charge is 2.00 e. The molecule has 0 N–H and O–H groups in total. The molecule has 0 aliphatic rings. The van der Waals surface area contributed by atoms with Gasteiger partial charge in [0.15, 0.2) is 0 Å². The van der Waals surface area contributed by atoms with Gasteiger partial charge in [-0.2, -0.15) is 0 Å². The van der Waals surface area contributed by atoms with Crippen molar-refractivity contribution in [3.63, 3.8) is 0 Å². The SMILES string of the molecule is [Pt+2].[c-]1c(Oc2[c-]c3c(cc2)c2ccc(-c4ccccc4)nc2n2c(-c4ccccc4)cnc32)ccc2c1c1nccn1c1ncncc21. The van der Waals surface area contributed by atoms with Crippen LogP contribution in [0, 0.1) is 12.1 Å². The van der Waals surface area contributed by atoms with Gasteiger partial charge in [0, 0.05) is 47.2 Å². The third kappa shape index (κ3) is 4.30. The molecule has 0 unspecified atom stereocenters. The fourth-order valence-electron chi connectivity index (χ4n) is 6.51. The summed E-state index contributed by atoms with van der Waals surface area (Å²) in [6, 6.07) is 39.6. The average molecular weight is 799 g/mol. The Hall–Kier alpha value is -5.98. The predicted molar refractivity (Wildman–Crippen MR) is 182 cm³/mol. The van der Waals surface area contributed by atoms with Crippen LogP contribution in [-0.4, -0.2) is 33.7 Å². The van der Waals surface area contributed by atoms with E-state index in [0.29, 0.717) is 11.5 Å². The van der Waals surface area contributed by atoms with E-state index in [1.54, 1.807) is 12.5 Å². The van der Waals surface area contributed by atoms with Crippen molar-refractivity contribution in [3.05, 3.63) is 140 Å². The number of fused-ring (bicyclic) bond motifs is 12. The number of ether oxygens (including phenoxy) is 1. The van der Waals surface area contributed by atoms with Gasteiger partial charge in [0.05, 0.1) is 22.7 Å². The Morgan fingerprint density at radius 1 is 0.562 bits per heavy atom. The molecule has 6 heterocycles. The van der Waals surface area contributed by atoms with E-state index in [0.717, 1.165) is 77.4 Å². The molecule has 0 atom stereocenters. The van der Waals surface area contributed by atoms with Gasteiger partial charge in [-0.05, 0) is 17.0 Å². The maximum Gasteiger partial charge on any atom is 2.00 e. The summed E-state index contributed by atoms with van der Waals surface area (Å²) in [5.41, 5.74) is 7.08. The number of hydrogen-bond acceptors (Lipinski definition) is 6. The van der Waals surface area contributed by atoms with Crippen LogP contribution in [0.15, 0.2) is 128 Å². The number of rotatable bonds is 4. The van der Waals surface area contributed by atoms with E-state index < -0.39 is 0 Å². The topological polar surface area (TPSA) is 82.5 Å². The zero-order chi connectivity index (χ0) is 30.9. The predicted octanol–water partition coefficient (Wildman–Crippen LogP) is 8.50. The van der Waals surface area contributed by atoms with Crippen molar-refractivity contribution in [3.8, 4) is 34.0 Å². The molecule has 0 aliphatic carbocycles. The molecule has 0 saturated heterocycles. The number of benzene rings is 4. The van der Waals surface area contributed by atoms with Crippen LogP contribution in [0.25, 0.3) is 77.4 Å². The van der Waals surface area contributed by atoms with Crippen LogP contribution >= 0.6 is 0 Å². The minimum Gasteiger partial charge on any atom is -0.497 e. The van der Waals surface area contributed by atoms with Crippen molar-refractivity contribution in [2.75, 3.05) is 0 Å². The van der Waals surface area contributed by atoms with Crippen LogP contribution < -0.4 is 4.74 Å². The van der Waals surface area contributed by atoms with Gasteiger partial charge in [0.25, 0.3) is 0 Å². The van der Waals surface area contributed by atoms with Crippen molar-refractivity contribution in [1.29, 1.82) is 0 Å². The Balaban J connectivity index is 0.00000314. The van der Waals surface area contributed by atoms with Gasteiger partial charge in [-0.3, -0.25) is 9.97 Å². The minimum absolute atomic E-state index is 0. The molecule has 0 radical (unpaired) electrons. The quantitative estimate of drug-likeness (QED) is 0.131. The molecule has 6 aromatic heterocycles. The summed E-state index contributed by atoms with van der Waals surface area (Å²) >= 11 is 0. The summed E-state index contributed by atoms with van der Waals surface area (Å²) in [5, 5.41) is 5.52. The van der Waals surface area contributed by atoms with Crippen LogP contribution in [0.3, 0.4) is 0 Å². The first-order chi connectivity index (χ1) is 23.3. The normalized spacial score (nSPS) is 11.6. The molecular weight excluding hydrogens is 778 g/mol. The van der Waals surface area contributed by atoms with E-state index in [1.165, 1.54) is 0 Å². The van der Waals surface area contributed by atoms with Crippen molar-refractivity contribution in [2.45, 2.75) is 0 Å². The van der Waals surface area contributed by atoms with E-state index in [2.05, 4.69) is 73.9 Å². The molecule has 4 aromatic carbocycles. The van der Waals surface area contributed by atoms with Gasteiger partial charge < -0.3 is 13.5 Å². The van der Waals surface area contributed by atoms with Crippen LogP contribution in [0.1, 0.15) is 0 Å². The molecule has 8 nitrogen and oxygen atoms in total. The third-order valence-corrected chi connectivity index (χ3v) is 8.63. The van der Waals surface area contributed by atoms with Crippen molar-refractivity contribution < 1.29 is 25.8 Å². The fraction of sp³-hybridized carbons (Fsp3) is 0. The van der Waals surface area contributed by atoms with Gasteiger partial charge in [-0.25, -0.2) is 15.0 Å². The molecule has 0 saturated carbocycles. The van der Waals surface area contributed by atoms with Crippen molar-refractivity contribution in [1.82, 2.24) is 33.7 Å². The van der Waals surface area contributed by atoms with E-state index >= 15 is 0 Å². The molecule has 228 valence electrons. The second-order valence-corrected chi connectivity index (χ2v) is 11.3. The first kappa shape index (κ1) is 28.3. The zero-order valence-corrected chi connectivity index (χ0v) is 27.3. The molecule has 48 heavy (non-hydrogen) atoms. The Bertz CT molecular complexity index is 2830. The van der Waals surface area contributed by atoms with Crippen LogP contribution in [0.5, 0.6) is 11.5 Å². The summed E-state index contributed by atoms with van der Waals surface area (Å²) in [6.07, 6.45) is 8.92. The number of imidazole rings is 2. The summed E-state index contributed by atoms with van der Waals surface area (Å²) in [4.78, 5) is 23.5. The Morgan fingerprint density at radius 3 is 2.02 bits per heavy atom. The fourth-order valence-corrected chi connectivity index (χ4v) is 6.51. The number of pyridine rings is 3. The molecule has 0 fully saturated rings. The summed E-state index contributed by atoms with van der Waals surface area (Å²) in [6.45, 7) is 0. The first-order valence-corrected chi connectivity index (χ1v) is 15.2. The molecule has 0 bridgehead atoms. The summed E-state index contributed by atoms with van der Waals surface area (Å²) < 4.78 is 10.5. The smallest absolute Gasteiger partial charge is 0.497 e. The Morgan fingerprint density at radius 2 is 1.25 bits per heavy atom. The van der Waals surface area contributed by atoms with Crippen LogP contribution in [0.2, 0.25) is 0 Å². The van der Waals surface area contributed by atoms with Gasteiger partial charge in [0.2, 0.25) is 0 Å². The van der Waals surface area contributed by atoms with Crippen LogP contribution in [-0.2, 0) is 21.1 Å². The van der Waals surface area contributed by atoms with Gasteiger partial charge in [-0.1, -0.05) is 113 Å². The first-order valence-electron chi connectivity index (χ1n) is 15.2. The Kier molecular flexibility index (Phi) is 6.52. The van der Waals surface area contributed by atoms with E-state index in [-0.39, 0.29) is 21.1 Å². The standard InChI is InChI=1S/C39H21N7O.Pt/c1-3-7-24(8-4-1)34-16-15-30-28-13-11-27(20-32(28)38-42-22-35(46(38)39(30)44-34)25-9-5-2-6-10-25)47-26-12-14-29-31(19-26)36-41-17-18-45(36)37-33(29)21-40-23-43-37;/h1-18,21-23H;/q-2;+2. The van der Waals surface area contributed by atoms with Gasteiger partial charge in [0.1, 0.15) is 17.6 Å². The second-order valence-electron chi connectivity index (χ2n) is 11.3. The number of hydrogen-bond donors (Lipinski definition) is 0. The molecule has 0 spiro atoms. The summed E-state index contributed by atoms with van der Waals surface area (Å²) in [7, 11) is 0. The zero-order valence-electron chi connectivity index (χ0n) is 25.0. The number of nitrogens with zero attached hydrogens (tertiary/aromatic N) is 7. The van der Waals surface area contributed by atoms with Crippen molar-refractivity contribution >= 4 is 54.9 Å². The second kappa shape index (κ2) is 11.1. The van der Waals surface area contributed by atoms with Crippen molar-refractivity contribution in [2.24, 2.45) is 0 Å². The van der Waals surface area contributed by atoms with E-state index in [9.17, 15) is 0 Å². The molecule has 10 aromatic rings. The maximum absolute atomic E-state index is 6.43. The molecule has 10 rings (SSSR count). The molecular formula is C39H21N7OPt. The maximum atomic E-state index is 6.43.